The third kappa shape index (κ3) is 5.74. The molecule has 9 heteroatoms. The Morgan fingerprint density at radius 2 is 2.07 bits per heavy atom. The van der Waals surface area contributed by atoms with Crippen molar-refractivity contribution in [3.05, 3.63) is 46.4 Å². The van der Waals surface area contributed by atoms with Crippen molar-refractivity contribution in [1.29, 1.82) is 0 Å². The zero-order chi connectivity index (χ0) is 19.1. The lowest BCUT2D eigenvalue weighted by Crippen LogP contribution is -2.45. The van der Waals surface area contributed by atoms with E-state index >= 15 is 0 Å². The monoisotopic (exact) mass is 408 g/mol. The summed E-state index contributed by atoms with van der Waals surface area (Å²) in [5.41, 5.74) is 0.392. The normalized spacial score (nSPS) is 14.7. The molecule has 0 atom stereocenters. The summed E-state index contributed by atoms with van der Waals surface area (Å²) in [6.07, 6.45) is 1.62. The van der Waals surface area contributed by atoms with Gasteiger partial charge in [0.1, 0.15) is 6.54 Å². The Labute approximate surface area is 166 Å². The molecular formula is C18H21ClN4O3S. The first kappa shape index (κ1) is 19.8. The van der Waals surface area contributed by atoms with Crippen molar-refractivity contribution in [3.63, 3.8) is 0 Å². The van der Waals surface area contributed by atoms with Gasteiger partial charge in [0.2, 0.25) is 5.91 Å². The molecule has 7 nitrogen and oxygen atoms in total. The summed E-state index contributed by atoms with van der Waals surface area (Å²) >= 11 is 7.51. The SMILES string of the molecule is O=C(CN(CCN1CCOCC1)C(=O)c1ccccc1Cl)Nc1nccs1. The molecule has 0 radical (unpaired) electrons. The number of benzene rings is 1. The van der Waals surface area contributed by atoms with E-state index in [4.69, 9.17) is 16.3 Å². The minimum atomic E-state index is -0.285. The van der Waals surface area contributed by atoms with Crippen LogP contribution in [0, 0.1) is 0 Å². The lowest BCUT2D eigenvalue weighted by Gasteiger charge is -2.30. The third-order valence-corrected chi connectivity index (χ3v) is 5.21. The van der Waals surface area contributed by atoms with Gasteiger partial charge in [-0.2, -0.15) is 0 Å². The van der Waals surface area contributed by atoms with E-state index in [9.17, 15) is 9.59 Å². The van der Waals surface area contributed by atoms with Crippen molar-refractivity contribution < 1.29 is 14.3 Å². The average Bonchev–Trinajstić information content (AvgIpc) is 3.18. The highest BCUT2D eigenvalue weighted by Gasteiger charge is 2.22. The number of morpholine rings is 1. The van der Waals surface area contributed by atoms with Gasteiger partial charge in [-0.05, 0) is 12.1 Å². The number of nitrogens with one attached hydrogen (secondary N) is 1. The van der Waals surface area contributed by atoms with Gasteiger partial charge in [0.15, 0.2) is 5.13 Å². The molecule has 1 aromatic carbocycles. The van der Waals surface area contributed by atoms with Crippen LogP contribution in [0.4, 0.5) is 5.13 Å². The maximum atomic E-state index is 13.0. The Balaban J connectivity index is 1.68. The van der Waals surface area contributed by atoms with Crippen LogP contribution in [0.1, 0.15) is 10.4 Å². The van der Waals surface area contributed by atoms with Gasteiger partial charge in [-0.1, -0.05) is 23.7 Å². The van der Waals surface area contributed by atoms with Gasteiger partial charge in [0, 0.05) is 37.8 Å². The van der Waals surface area contributed by atoms with Gasteiger partial charge >= 0.3 is 0 Å². The van der Waals surface area contributed by atoms with Gasteiger partial charge < -0.3 is 15.0 Å². The second kappa shape index (κ2) is 9.80. The molecule has 1 aliphatic heterocycles. The Hall–Kier alpha value is -2.00. The van der Waals surface area contributed by atoms with Crippen molar-refractivity contribution in [2.75, 3.05) is 51.3 Å². The molecule has 0 aliphatic carbocycles. The van der Waals surface area contributed by atoms with Gasteiger partial charge in [-0.25, -0.2) is 4.98 Å². The first-order valence-corrected chi connectivity index (χ1v) is 9.92. The van der Waals surface area contributed by atoms with Crippen LogP contribution >= 0.6 is 22.9 Å². The predicted octanol–water partition coefficient (Wildman–Crippen LogP) is 2.21. The maximum Gasteiger partial charge on any atom is 0.255 e. The van der Waals surface area contributed by atoms with Gasteiger partial charge in [-0.15, -0.1) is 11.3 Å². The number of carbonyl (C=O) groups excluding carboxylic acids is 2. The predicted molar refractivity (Wildman–Crippen MR) is 105 cm³/mol. The zero-order valence-corrected chi connectivity index (χ0v) is 16.3. The Morgan fingerprint density at radius 1 is 1.30 bits per heavy atom. The number of anilines is 1. The minimum absolute atomic E-state index is 0.0615. The average molecular weight is 409 g/mol. The third-order valence-electron chi connectivity index (χ3n) is 4.19. The molecule has 1 aromatic heterocycles. The summed E-state index contributed by atoms with van der Waals surface area (Å²) in [5, 5.41) is 5.38. The number of ether oxygens (including phenoxy) is 1. The Bertz CT molecular complexity index is 766. The molecule has 27 heavy (non-hydrogen) atoms. The number of aromatic nitrogens is 1. The molecule has 0 unspecified atom stereocenters. The molecule has 144 valence electrons. The summed E-state index contributed by atoms with van der Waals surface area (Å²) in [5.74, 6) is -0.546. The van der Waals surface area contributed by atoms with Crippen molar-refractivity contribution in [1.82, 2.24) is 14.8 Å². The van der Waals surface area contributed by atoms with Crippen molar-refractivity contribution in [3.8, 4) is 0 Å². The molecule has 0 spiro atoms. The summed E-state index contributed by atoms with van der Waals surface area (Å²) < 4.78 is 5.35. The molecule has 1 N–H and O–H groups in total. The van der Waals surface area contributed by atoms with E-state index in [0.717, 1.165) is 13.1 Å². The first-order valence-electron chi connectivity index (χ1n) is 8.67. The maximum absolute atomic E-state index is 13.0. The van der Waals surface area contributed by atoms with Crippen LogP contribution < -0.4 is 5.32 Å². The van der Waals surface area contributed by atoms with E-state index in [-0.39, 0.29) is 18.4 Å². The minimum Gasteiger partial charge on any atom is -0.379 e. The van der Waals surface area contributed by atoms with E-state index in [1.54, 1.807) is 35.8 Å². The summed E-state index contributed by atoms with van der Waals surface area (Å²) in [4.78, 5) is 33.2. The van der Waals surface area contributed by atoms with Crippen LogP contribution in [0.3, 0.4) is 0 Å². The number of amides is 2. The van der Waals surface area contributed by atoms with E-state index in [1.807, 2.05) is 0 Å². The topological polar surface area (TPSA) is 74.8 Å². The summed E-state index contributed by atoms with van der Waals surface area (Å²) in [6.45, 7) is 4.04. The van der Waals surface area contributed by atoms with Crippen LogP contribution in [0.25, 0.3) is 0 Å². The Kier molecular flexibility index (Phi) is 7.17. The van der Waals surface area contributed by atoms with Gasteiger partial charge in [0.25, 0.3) is 5.91 Å². The smallest absolute Gasteiger partial charge is 0.255 e. The molecular weight excluding hydrogens is 388 g/mol. The van der Waals surface area contributed by atoms with E-state index in [1.165, 1.54) is 16.2 Å². The van der Waals surface area contributed by atoms with Crippen molar-refractivity contribution >= 4 is 39.9 Å². The van der Waals surface area contributed by atoms with E-state index < -0.39 is 0 Å². The van der Waals surface area contributed by atoms with Crippen LogP contribution in [0.15, 0.2) is 35.8 Å². The molecule has 0 saturated carbocycles. The zero-order valence-electron chi connectivity index (χ0n) is 14.8. The number of carbonyl (C=O) groups is 2. The highest BCUT2D eigenvalue weighted by atomic mass is 35.5. The highest BCUT2D eigenvalue weighted by molar-refractivity contribution is 7.13. The molecule has 1 saturated heterocycles. The summed E-state index contributed by atoms with van der Waals surface area (Å²) in [6, 6.07) is 6.87. The fourth-order valence-electron chi connectivity index (χ4n) is 2.76. The number of rotatable bonds is 7. The first-order chi connectivity index (χ1) is 13.1. The molecule has 1 fully saturated rings. The van der Waals surface area contributed by atoms with Gasteiger partial charge in [0.05, 0.1) is 23.8 Å². The largest absolute Gasteiger partial charge is 0.379 e. The number of hydrogen-bond donors (Lipinski definition) is 1. The number of hydrogen-bond acceptors (Lipinski definition) is 6. The lowest BCUT2D eigenvalue weighted by atomic mass is 10.2. The highest BCUT2D eigenvalue weighted by Crippen LogP contribution is 2.17. The van der Waals surface area contributed by atoms with Crippen LogP contribution in [0.2, 0.25) is 5.02 Å². The summed E-state index contributed by atoms with van der Waals surface area (Å²) in [7, 11) is 0. The molecule has 1 aliphatic rings. The second-order valence-corrected chi connectivity index (χ2v) is 7.35. The number of nitrogens with zero attached hydrogens (tertiary/aromatic N) is 3. The van der Waals surface area contributed by atoms with E-state index in [2.05, 4.69) is 15.2 Å². The Morgan fingerprint density at radius 3 is 2.78 bits per heavy atom. The lowest BCUT2D eigenvalue weighted by molar-refractivity contribution is -0.117. The molecule has 2 aromatic rings. The standard InChI is InChI=1S/C18H21ClN4O3S/c19-15-4-2-1-3-14(15)17(25)23(7-6-22-8-10-26-11-9-22)13-16(24)21-18-20-5-12-27-18/h1-5,12H,6-11,13H2,(H,20,21,24). The fraction of sp³-hybridized carbons (Fsp3) is 0.389. The molecule has 2 heterocycles. The number of thiazole rings is 1. The number of halogens is 1. The molecule has 2 amide bonds. The quantitative estimate of drug-likeness (QED) is 0.760. The molecule has 3 rings (SSSR count). The van der Waals surface area contributed by atoms with E-state index in [0.29, 0.717) is 42.0 Å². The fourth-order valence-corrected chi connectivity index (χ4v) is 3.52. The van der Waals surface area contributed by atoms with Crippen molar-refractivity contribution in [2.45, 2.75) is 0 Å². The van der Waals surface area contributed by atoms with Crippen LogP contribution in [0.5, 0.6) is 0 Å². The second-order valence-electron chi connectivity index (χ2n) is 6.05. The van der Waals surface area contributed by atoms with Gasteiger partial charge in [-0.3, -0.25) is 14.5 Å². The van der Waals surface area contributed by atoms with Crippen LogP contribution in [-0.2, 0) is 9.53 Å². The molecule has 0 bridgehead atoms. The van der Waals surface area contributed by atoms with Crippen LogP contribution in [-0.4, -0.2) is 72.5 Å². The van der Waals surface area contributed by atoms with Crippen molar-refractivity contribution in [2.24, 2.45) is 0 Å².